The minimum absolute atomic E-state index is 0.257. The van der Waals surface area contributed by atoms with Crippen LogP contribution >= 0.6 is 0 Å². The Morgan fingerprint density at radius 1 is 1.05 bits per heavy atom. The van der Waals surface area contributed by atoms with Gasteiger partial charge in [-0.15, -0.1) is 0 Å². The molecule has 0 aromatic rings. The van der Waals surface area contributed by atoms with E-state index in [0.29, 0.717) is 0 Å². The lowest BCUT2D eigenvalue weighted by Crippen LogP contribution is -2.23. The van der Waals surface area contributed by atoms with Gasteiger partial charge in [0.1, 0.15) is 0 Å². The SMILES string of the molecule is CCC1CCC(COCCCCN(C)CCO)CC1. The van der Waals surface area contributed by atoms with Crippen molar-refractivity contribution in [1.29, 1.82) is 0 Å². The third-order valence-electron chi connectivity index (χ3n) is 4.46. The average Bonchev–Trinajstić information content (AvgIpc) is 2.43. The number of hydrogen-bond donors (Lipinski definition) is 1. The van der Waals surface area contributed by atoms with Crippen molar-refractivity contribution in [3.63, 3.8) is 0 Å². The summed E-state index contributed by atoms with van der Waals surface area (Å²) in [5, 5.41) is 8.79. The molecule has 0 aliphatic heterocycles. The van der Waals surface area contributed by atoms with Gasteiger partial charge in [-0.05, 0) is 51.1 Å². The molecule has 1 aliphatic carbocycles. The van der Waals surface area contributed by atoms with Gasteiger partial charge in [0.2, 0.25) is 0 Å². The van der Waals surface area contributed by atoms with E-state index in [-0.39, 0.29) is 6.61 Å². The van der Waals surface area contributed by atoms with Gasteiger partial charge in [-0.25, -0.2) is 0 Å². The van der Waals surface area contributed by atoms with Gasteiger partial charge in [0.15, 0.2) is 0 Å². The Balaban J connectivity index is 1.88. The molecule has 19 heavy (non-hydrogen) atoms. The summed E-state index contributed by atoms with van der Waals surface area (Å²) in [5.74, 6) is 1.80. The molecule has 0 heterocycles. The number of unbranched alkanes of at least 4 members (excludes halogenated alkanes) is 1. The molecule has 0 bridgehead atoms. The number of aliphatic hydroxyl groups excluding tert-OH is 1. The van der Waals surface area contributed by atoms with Crippen LogP contribution in [0, 0.1) is 11.8 Å². The zero-order valence-electron chi connectivity index (χ0n) is 12.9. The van der Waals surface area contributed by atoms with Crippen LogP contribution in [-0.2, 0) is 4.74 Å². The second-order valence-electron chi connectivity index (χ2n) is 6.10. The Labute approximate surface area is 119 Å². The minimum Gasteiger partial charge on any atom is -0.395 e. The van der Waals surface area contributed by atoms with Crippen LogP contribution in [0.1, 0.15) is 51.9 Å². The third-order valence-corrected chi connectivity index (χ3v) is 4.46. The van der Waals surface area contributed by atoms with Crippen LogP contribution in [0.4, 0.5) is 0 Å². The molecule has 1 fully saturated rings. The van der Waals surface area contributed by atoms with Gasteiger partial charge in [-0.3, -0.25) is 0 Å². The van der Waals surface area contributed by atoms with Crippen LogP contribution in [0.15, 0.2) is 0 Å². The first-order valence-electron chi connectivity index (χ1n) is 8.13. The quantitative estimate of drug-likeness (QED) is 0.620. The molecular formula is C16H33NO2. The summed E-state index contributed by atoms with van der Waals surface area (Å²) in [7, 11) is 2.06. The number of likely N-dealkylation sites (N-methyl/N-ethyl adjacent to an activating group) is 1. The highest BCUT2D eigenvalue weighted by atomic mass is 16.5. The Morgan fingerprint density at radius 2 is 1.74 bits per heavy atom. The normalized spacial score (nSPS) is 24.0. The molecule has 0 aromatic heterocycles. The van der Waals surface area contributed by atoms with E-state index in [2.05, 4.69) is 18.9 Å². The molecule has 3 heteroatoms. The van der Waals surface area contributed by atoms with Crippen molar-refractivity contribution in [2.75, 3.05) is 40.0 Å². The molecule has 0 radical (unpaired) electrons. The van der Waals surface area contributed by atoms with Crippen molar-refractivity contribution < 1.29 is 9.84 Å². The van der Waals surface area contributed by atoms with Gasteiger partial charge in [0.05, 0.1) is 6.61 Å². The summed E-state index contributed by atoms with van der Waals surface area (Å²) in [5.41, 5.74) is 0. The molecule has 0 atom stereocenters. The molecule has 1 N–H and O–H groups in total. The van der Waals surface area contributed by atoms with Crippen LogP contribution in [0.2, 0.25) is 0 Å². The molecule has 1 rings (SSSR count). The molecule has 114 valence electrons. The number of aliphatic hydroxyl groups is 1. The van der Waals surface area contributed by atoms with Gasteiger partial charge in [-0.1, -0.05) is 26.2 Å². The maximum Gasteiger partial charge on any atom is 0.0558 e. The van der Waals surface area contributed by atoms with Crippen molar-refractivity contribution in [3.05, 3.63) is 0 Å². The van der Waals surface area contributed by atoms with Crippen LogP contribution in [0.3, 0.4) is 0 Å². The first-order valence-corrected chi connectivity index (χ1v) is 8.13. The molecule has 0 unspecified atom stereocenters. The van der Waals surface area contributed by atoms with E-state index in [1.54, 1.807) is 0 Å². The fourth-order valence-electron chi connectivity index (χ4n) is 2.92. The zero-order valence-corrected chi connectivity index (χ0v) is 12.9. The summed E-state index contributed by atoms with van der Waals surface area (Å²) in [6.45, 7) is 6.29. The largest absolute Gasteiger partial charge is 0.395 e. The molecule has 0 amide bonds. The standard InChI is InChI=1S/C16H33NO2/c1-3-15-6-8-16(9-7-15)14-19-13-5-4-10-17(2)11-12-18/h15-16,18H,3-14H2,1-2H3. The summed E-state index contributed by atoms with van der Waals surface area (Å²) < 4.78 is 5.82. The second kappa shape index (κ2) is 10.6. The first kappa shape index (κ1) is 16.9. The van der Waals surface area contributed by atoms with Crippen molar-refractivity contribution in [2.45, 2.75) is 51.9 Å². The third kappa shape index (κ3) is 7.91. The van der Waals surface area contributed by atoms with Crippen molar-refractivity contribution in [1.82, 2.24) is 4.90 Å². The van der Waals surface area contributed by atoms with E-state index in [1.165, 1.54) is 38.5 Å². The average molecular weight is 271 g/mol. The topological polar surface area (TPSA) is 32.7 Å². The molecule has 0 aromatic carbocycles. The molecule has 0 saturated heterocycles. The highest BCUT2D eigenvalue weighted by Gasteiger charge is 2.19. The summed E-state index contributed by atoms with van der Waals surface area (Å²) in [6, 6.07) is 0. The molecular weight excluding hydrogens is 238 g/mol. The van der Waals surface area contributed by atoms with E-state index in [4.69, 9.17) is 9.84 Å². The van der Waals surface area contributed by atoms with E-state index < -0.39 is 0 Å². The van der Waals surface area contributed by atoms with Gasteiger partial charge >= 0.3 is 0 Å². The van der Waals surface area contributed by atoms with E-state index in [1.807, 2.05) is 0 Å². The van der Waals surface area contributed by atoms with Gasteiger partial charge in [0, 0.05) is 19.8 Å². The summed E-state index contributed by atoms with van der Waals surface area (Å²) >= 11 is 0. The van der Waals surface area contributed by atoms with Crippen LogP contribution in [0.5, 0.6) is 0 Å². The van der Waals surface area contributed by atoms with Crippen LogP contribution in [0.25, 0.3) is 0 Å². The lowest BCUT2D eigenvalue weighted by Gasteiger charge is -2.27. The predicted molar refractivity (Wildman–Crippen MR) is 80.4 cm³/mol. The Morgan fingerprint density at radius 3 is 2.37 bits per heavy atom. The predicted octanol–water partition coefficient (Wildman–Crippen LogP) is 2.92. The van der Waals surface area contributed by atoms with E-state index in [0.717, 1.165) is 44.6 Å². The smallest absolute Gasteiger partial charge is 0.0558 e. The number of nitrogens with zero attached hydrogens (tertiary/aromatic N) is 1. The van der Waals surface area contributed by atoms with Crippen LogP contribution in [-0.4, -0.2) is 50.0 Å². The lowest BCUT2D eigenvalue weighted by atomic mass is 9.81. The summed E-state index contributed by atoms with van der Waals surface area (Å²) in [4.78, 5) is 2.17. The highest BCUT2D eigenvalue weighted by Crippen LogP contribution is 2.30. The Hall–Kier alpha value is -0.120. The number of ether oxygens (including phenoxy) is 1. The fourth-order valence-corrected chi connectivity index (χ4v) is 2.92. The number of hydrogen-bond acceptors (Lipinski definition) is 3. The van der Waals surface area contributed by atoms with Gasteiger partial charge in [0.25, 0.3) is 0 Å². The lowest BCUT2D eigenvalue weighted by molar-refractivity contribution is 0.0738. The van der Waals surface area contributed by atoms with Gasteiger partial charge < -0.3 is 14.7 Å². The van der Waals surface area contributed by atoms with Crippen LogP contribution < -0.4 is 0 Å². The molecule has 3 nitrogen and oxygen atoms in total. The van der Waals surface area contributed by atoms with Crippen molar-refractivity contribution in [3.8, 4) is 0 Å². The molecule has 0 spiro atoms. The summed E-state index contributed by atoms with van der Waals surface area (Å²) in [6.07, 6.45) is 9.23. The number of rotatable bonds is 10. The minimum atomic E-state index is 0.257. The molecule has 1 aliphatic rings. The first-order chi connectivity index (χ1) is 9.26. The maximum absolute atomic E-state index is 8.79. The maximum atomic E-state index is 8.79. The Kier molecular flexibility index (Phi) is 9.48. The van der Waals surface area contributed by atoms with Crippen molar-refractivity contribution >= 4 is 0 Å². The zero-order chi connectivity index (χ0) is 13.9. The fraction of sp³-hybridized carbons (Fsp3) is 1.00. The van der Waals surface area contributed by atoms with Gasteiger partial charge in [-0.2, -0.15) is 0 Å². The van der Waals surface area contributed by atoms with Crippen molar-refractivity contribution in [2.24, 2.45) is 11.8 Å². The highest BCUT2D eigenvalue weighted by molar-refractivity contribution is 4.71. The molecule has 1 saturated carbocycles. The second-order valence-corrected chi connectivity index (χ2v) is 6.10. The van der Waals surface area contributed by atoms with E-state index >= 15 is 0 Å². The van der Waals surface area contributed by atoms with E-state index in [9.17, 15) is 0 Å². The Bertz CT molecular complexity index is 203. The monoisotopic (exact) mass is 271 g/mol.